The number of rotatable bonds is 6. The molecule has 0 saturated carbocycles. The molecule has 0 aliphatic carbocycles. The first-order valence-electron chi connectivity index (χ1n) is 5.80. The number of hydrogen-bond acceptors (Lipinski definition) is 4. The standard InChI is InChI=1S/C11H21N3O2S/c1-9(2)14-6-4-11(13-14)8-17(15,16)7-5-10(3)12/h4,6,9-10H,5,7-8,12H2,1-3H3. The average Bonchev–Trinajstić information content (AvgIpc) is 2.63. The summed E-state index contributed by atoms with van der Waals surface area (Å²) in [5.41, 5.74) is 6.15. The largest absolute Gasteiger partial charge is 0.328 e. The van der Waals surface area contributed by atoms with E-state index < -0.39 is 9.84 Å². The molecule has 0 amide bonds. The highest BCUT2D eigenvalue weighted by Gasteiger charge is 2.15. The molecule has 0 spiro atoms. The van der Waals surface area contributed by atoms with Gasteiger partial charge in [-0.25, -0.2) is 8.42 Å². The van der Waals surface area contributed by atoms with Crippen molar-refractivity contribution in [1.82, 2.24) is 9.78 Å². The van der Waals surface area contributed by atoms with Gasteiger partial charge >= 0.3 is 0 Å². The Morgan fingerprint density at radius 2 is 2.06 bits per heavy atom. The van der Waals surface area contributed by atoms with Crippen LogP contribution in [0.1, 0.15) is 38.9 Å². The number of nitrogens with zero attached hydrogens (tertiary/aromatic N) is 2. The molecule has 0 fully saturated rings. The van der Waals surface area contributed by atoms with Gasteiger partial charge in [0.05, 0.1) is 17.2 Å². The molecule has 5 nitrogen and oxygen atoms in total. The van der Waals surface area contributed by atoms with Crippen molar-refractivity contribution in [2.24, 2.45) is 5.73 Å². The molecule has 0 bridgehead atoms. The van der Waals surface area contributed by atoms with Crippen molar-refractivity contribution in [3.63, 3.8) is 0 Å². The van der Waals surface area contributed by atoms with Gasteiger partial charge in [-0.15, -0.1) is 0 Å². The van der Waals surface area contributed by atoms with Crippen LogP contribution >= 0.6 is 0 Å². The van der Waals surface area contributed by atoms with E-state index in [0.717, 1.165) is 0 Å². The van der Waals surface area contributed by atoms with Gasteiger partial charge in [0.25, 0.3) is 0 Å². The van der Waals surface area contributed by atoms with Crippen molar-refractivity contribution in [1.29, 1.82) is 0 Å². The minimum absolute atomic E-state index is 0.000556. The third-order valence-corrected chi connectivity index (χ3v) is 4.04. The predicted octanol–water partition coefficient (Wildman–Crippen LogP) is 1.12. The van der Waals surface area contributed by atoms with Crippen molar-refractivity contribution in [2.75, 3.05) is 5.75 Å². The van der Waals surface area contributed by atoms with Crippen LogP contribution < -0.4 is 5.73 Å². The minimum atomic E-state index is -3.10. The highest BCUT2D eigenvalue weighted by Crippen LogP contribution is 2.09. The second kappa shape index (κ2) is 5.64. The summed E-state index contributed by atoms with van der Waals surface area (Å²) in [4.78, 5) is 0. The van der Waals surface area contributed by atoms with Crippen molar-refractivity contribution in [3.8, 4) is 0 Å². The normalized spacial score (nSPS) is 14.2. The molecule has 1 rings (SSSR count). The molecule has 17 heavy (non-hydrogen) atoms. The molecule has 1 aromatic rings. The maximum absolute atomic E-state index is 11.8. The molecular formula is C11H21N3O2S. The first-order chi connectivity index (χ1) is 7.80. The summed E-state index contributed by atoms with van der Waals surface area (Å²) in [6, 6.07) is 1.91. The quantitative estimate of drug-likeness (QED) is 0.830. The molecular weight excluding hydrogens is 238 g/mol. The first-order valence-corrected chi connectivity index (χ1v) is 7.62. The van der Waals surface area contributed by atoms with Crippen LogP contribution in [0.3, 0.4) is 0 Å². The number of nitrogens with two attached hydrogens (primary N) is 1. The van der Waals surface area contributed by atoms with E-state index in [4.69, 9.17) is 5.73 Å². The molecule has 98 valence electrons. The average molecular weight is 259 g/mol. The zero-order chi connectivity index (χ0) is 13.1. The third kappa shape index (κ3) is 4.87. The fourth-order valence-corrected chi connectivity index (χ4v) is 2.88. The topological polar surface area (TPSA) is 78.0 Å². The number of hydrogen-bond donors (Lipinski definition) is 1. The summed E-state index contributed by atoms with van der Waals surface area (Å²) in [5.74, 6) is 0.124. The molecule has 0 aliphatic rings. The van der Waals surface area contributed by atoms with Crippen LogP contribution in [0, 0.1) is 0 Å². The Bertz CT molecular complexity index is 449. The molecule has 2 N–H and O–H groups in total. The maximum atomic E-state index is 11.8. The molecule has 1 atom stereocenters. The number of aromatic nitrogens is 2. The van der Waals surface area contributed by atoms with Gasteiger partial charge in [-0.3, -0.25) is 4.68 Å². The Morgan fingerprint density at radius 3 is 2.53 bits per heavy atom. The number of sulfone groups is 1. The molecule has 0 aromatic carbocycles. The van der Waals surface area contributed by atoms with Crippen molar-refractivity contribution < 1.29 is 8.42 Å². The fraction of sp³-hybridized carbons (Fsp3) is 0.727. The summed E-state index contributed by atoms with van der Waals surface area (Å²) in [6.07, 6.45) is 2.30. The monoisotopic (exact) mass is 259 g/mol. The van der Waals surface area contributed by atoms with E-state index in [9.17, 15) is 8.42 Å². The van der Waals surface area contributed by atoms with E-state index in [1.165, 1.54) is 0 Å². The third-order valence-electron chi connectivity index (χ3n) is 2.44. The van der Waals surface area contributed by atoms with Crippen molar-refractivity contribution in [3.05, 3.63) is 18.0 Å². The van der Waals surface area contributed by atoms with Crippen LogP contribution in [0.25, 0.3) is 0 Å². The van der Waals surface area contributed by atoms with Gasteiger partial charge in [-0.05, 0) is 33.3 Å². The van der Waals surface area contributed by atoms with Crippen LogP contribution in [0.2, 0.25) is 0 Å². The lowest BCUT2D eigenvalue weighted by Gasteiger charge is -2.06. The Morgan fingerprint density at radius 1 is 1.41 bits per heavy atom. The molecule has 1 aromatic heterocycles. The van der Waals surface area contributed by atoms with Gasteiger partial charge < -0.3 is 5.73 Å². The van der Waals surface area contributed by atoms with Gasteiger partial charge in [-0.2, -0.15) is 5.10 Å². The molecule has 1 unspecified atom stereocenters. The van der Waals surface area contributed by atoms with Crippen LogP contribution in [0.15, 0.2) is 12.3 Å². The highest BCUT2D eigenvalue weighted by molar-refractivity contribution is 7.90. The summed E-state index contributed by atoms with van der Waals surface area (Å²) >= 11 is 0. The van der Waals surface area contributed by atoms with Crippen LogP contribution in [0.5, 0.6) is 0 Å². The van der Waals surface area contributed by atoms with E-state index in [2.05, 4.69) is 5.10 Å². The Kier molecular flexibility index (Phi) is 4.70. The van der Waals surface area contributed by atoms with Crippen LogP contribution in [-0.2, 0) is 15.6 Å². The van der Waals surface area contributed by atoms with Crippen LogP contribution in [-0.4, -0.2) is 30.0 Å². The Labute approximate surface area is 103 Å². The summed E-state index contributed by atoms with van der Waals surface area (Å²) in [5, 5.41) is 4.23. The molecule has 6 heteroatoms. The zero-order valence-corrected chi connectivity index (χ0v) is 11.4. The van der Waals surface area contributed by atoms with Crippen molar-refractivity contribution >= 4 is 9.84 Å². The van der Waals surface area contributed by atoms with E-state index in [-0.39, 0.29) is 23.6 Å². The van der Waals surface area contributed by atoms with E-state index in [1.807, 2.05) is 20.8 Å². The molecule has 0 aliphatic heterocycles. The first kappa shape index (κ1) is 14.2. The summed E-state index contributed by atoms with van der Waals surface area (Å²) in [6.45, 7) is 5.81. The van der Waals surface area contributed by atoms with E-state index in [0.29, 0.717) is 12.1 Å². The Hall–Kier alpha value is -0.880. The van der Waals surface area contributed by atoms with Crippen molar-refractivity contribution in [2.45, 2.75) is 45.0 Å². The zero-order valence-electron chi connectivity index (χ0n) is 10.6. The SMILES string of the molecule is CC(N)CCS(=O)(=O)Cc1ccn(C(C)C)n1. The second-order valence-corrected chi connectivity index (χ2v) is 6.92. The van der Waals surface area contributed by atoms with Gasteiger partial charge in [-0.1, -0.05) is 0 Å². The van der Waals surface area contributed by atoms with Gasteiger partial charge in [0, 0.05) is 18.3 Å². The second-order valence-electron chi connectivity index (χ2n) is 4.74. The maximum Gasteiger partial charge on any atom is 0.156 e. The fourth-order valence-electron chi connectivity index (χ4n) is 1.40. The smallest absolute Gasteiger partial charge is 0.156 e. The summed E-state index contributed by atoms with van der Waals surface area (Å²) < 4.78 is 25.3. The lowest BCUT2D eigenvalue weighted by Crippen LogP contribution is -2.21. The predicted molar refractivity (Wildman–Crippen MR) is 68.4 cm³/mol. The molecule has 1 heterocycles. The van der Waals surface area contributed by atoms with Gasteiger partial charge in [0.15, 0.2) is 9.84 Å². The lowest BCUT2D eigenvalue weighted by atomic mass is 10.3. The highest BCUT2D eigenvalue weighted by atomic mass is 32.2. The molecule has 0 saturated heterocycles. The Balaban J connectivity index is 2.63. The van der Waals surface area contributed by atoms with Gasteiger partial charge in [0.1, 0.15) is 0 Å². The molecule has 0 radical (unpaired) electrons. The van der Waals surface area contributed by atoms with Gasteiger partial charge in [0.2, 0.25) is 0 Å². The minimum Gasteiger partial charge on any atom is -0.328 e. The van der Waals surface area contributed by atoms with Crippen LogP contribution in [0.4, 0.5) is 0 Å². The summed E-state index contributed by atoms with van der Waals surface area (Å²) in [7, 11) is -3.10. The lowest BCUT2D eigenvalue weighted by molar-refractivity contribution is 0.527. The van der Waals surface area contributed by atoms with E-state index in [1.54, 1.807) is 16.9 Å². The van der Waals surface area contributed by atoms with E-state index >= 15 is 0 Å².